The topological polar surface area (TPSA) is 35.5 Å². The van der Waals surface area contributed by atoms with E-state index in [1.165, 1.54) is 12.8 Å². The number of quaternary nitrogens is 1. The van der Waals surface area contributed by atoms with Crippen LogP contribution in [0.5, 0.6) is 0 Å². The quantitative estimate of drug-likeness (QED) is 0.603. The van der Waals surface area contributed by atoms with Gasteiger partial charge in [0.05, 0.1) is 39.0 Å². The Kier molecular flexibility index (Phi) is 3.56. The van der Waals surface area contributed by atoms with E-state index in [2.05, 4.69) is 14.1 Å². The van der Waals surface area contributed by atoms with E-state index in [4.69, 9.17) is 9.47 Å². The molecular formula is C23H26NO3+. The summed E-state index contributed by atoms with van der Waals surface area (Å²) in [5.41, 5.74) is 0.491. The number of nitrogens with zero attached hydrogens (tertiary/aromatic N) is 1. The minimum absolute atomic E-state index is 0.286. The van der Waals surface area contributed by atoms with Gasteiger partial charge in [0.25, 0.3) is 0 Å². The maximum Gasteiger partial charge on any atom is 0.350 e. The van der Waals surface area contributed by atoms with Crippen molar-refractivity contribution in [2.45, 2.75) is 49.2 Å². The Labute approximate surface area is 160 Å². The van der Waals surface area contributed by atoms with Gasteiger partial charge in [-0.15, -0.1) is 0 Å². The largest absolute Gasteiger partial charge is 0.430 e. The molecule has 0 aliphatic carbocycles. The SMILES string of the molecule is C[N+]1(C)[C@@H]2CC[C@H]1CC1(C2)OC(=O)C(c2ccccc2)(c2ccccc2)O1. The third kappa shape index (κ3) is 2.33. The average Bonchev–Trinajstić information content (AvgIpc) is 3.01. The molecule has 0 amide bonds. The van der Waals surface area contributed by atoms with Crippen LogP contribution < -0.4 is 0 Å². The Hall–Kier alpha value is -2.17. The number of ether oxygens (including phenoxy) is 2. The fourth-order valence-electron chi connectivity index (χ4n) is 5.44. The van der Waals surface area contributed by atoms with Gasteiger partial charge >= 0.3 is 5.97 Å². The third-order valence-corrected chi connectivity index (χ3v) is 7.07. The van der Waals surface area contributed by atoms with Gasteiger partial charge in [-0.05, 0) is 11.1 Å². The molecule has 4 heteroatoms. The minimum Gasteiger partial charge on any atom is -0.430 e. The van der Waals surface area contributed by atoms with Crippen molar-refractivity contribution in [3.8, 4) is 0 Å². The first-order valence-corrected chi connectivity index (χ1v) is 9.84. The molecule has 0 saturated carbocycles. The van der Waals surface area contributed by atoms with Gasteiger partial charge in [-0.3, -0.25) is 0 Å². The lowest BCUT2D eigenvalue weighted by Crippen LogP contribution is -2.60. The summed E-state index contributed by atoms with van der Waals surface area (Å²) in [4.78, 5) is 13.4. The van der Waals surface area contributed by atoms with Crippen molar-refractivity contribution >= 4 is 5.97 Å². The first-order chi connectivity index (χ1) is 13.0. The van der Waals surface area contributed by atoms with Gasteiger partial charge in [-0.25, -0.2) is 4.79 Å². The summed E-state index contributed by atoms with van der Waals surface area (Å²) in [6, 6.07) is 20.5. The summed E-state index contributed by atoms with van der Waals surface area (Å²) >= 11 is 0. The van der Waals surface area contributed by atoms with E-state index < -0.39 is 11.4 Å². The molecule has 2 aromatic rings. The van der Waals surface area contributed by atoms with Crippen molar-refractivity contribution in [3.05, 3.63) is 71.8 Å². The normalized spacial score (nSPS) is 33.2. The van der Waals surface area contributed by atoms with Crippen molar-refractivity contribution < 1.29 is 18.8 Å². The van der Waals surface area contributed by atoms with Gasteiger partial charge in [0.15, 0.2) is 0 Å². The first kappa shape index (κ1) is 17.0. The number of carbonyl (C=O) groups is 1. The lowest BCUT2D eigenvalue weighted by molar-refractivity contribution is -0.934. The van der Waals surface area contributed by atoms with E-state index in [-0.39, 0.29) is 5.97 Å². The number of piperidine rings is 1. The molecular weight excluding hydrogens is 338 g/mol. The standard InChI is InChI=1S/C23H26NO3/c1-24(2)19-13-14-20(24)16-22(15-19)26-21(25)23(27-22,17-9-5-3-6-10-17)18-11-7-4-8-12-18/h3-12,19-20H,13-16H2,1-2H3/q+1/t19-,20+,22?. The van der Waals surface area contributed by atoms with E-state index in [1.807, 2.05) is 60.7 Å². The van der Waals surface area contributed by atoms with Crippen molar-refractivity contribution in [3.63, 3.8) is 0 Å². The molecule has 0 N–H and O–H groups in total. The van der Waals surface area contributed by atoms with Gasteiger partial charge in [0.2, 0.25) is 11.4 Å². The molecule has 4 nitrogen and oxygen atoms in total. The third-order valence-electron chi connectivity index (χ3n) is 7.07. The number of esters is 1. The maximum absolute atomic E-state index is 13.4. The van der Waals surface area contributed by atoms with Crippen molar-refractivity contribution in [1.29, 1.82) is 0 Å². The molecule has 1 unspecified atom stereocenters. The van der Waals surface area contributed by atoms with Gasteiger partial charge < -0.3 is 14.0 Å². The molecule has 27 heavy (non-hydrogen) atoms. The molecule has 2 aromatic carbocycles. The molecule has 2 bridgehead atoms. The van der Waals surface area contributed by atoms with E-state index in [0.717, 1.165) is 28.5 Å². The van der Waals surface area contributed by atoms with Crippen LogP contribution in [0.25, 0.3) is 0 Å². The summed E-state index contributed by atoms with van der Waals surface area (Å²) in [5, 5.41) is 0. The fraction of sp³-hybridized carbons (Fsp3) is 0.435. The summed E-state index contributed by atoms with van der Waals surface area (Å²) in [7, 11) is 4.60. The zero-order valence-electron chi connectivity index (χ0n) is 15.9. The molecule has 140 valence electrons. The van der Waals surface area contributed by atoms with Crippen molar-refractivity contribution in [1.82, 2.24) is 0 Å². The molecule has 3 atom stereocenters. The Bertz CT molecular complexity index is 806. The van der Waals surface area contributed by atoms with Gasteiger partial charge in [-0.1, -0.05) is 60.7 Å². The molecule has 3 aliphatic heterocycles. The number of benzene rings is 2. The molecule has 1 spiro atoms. The predicted octanol–water partition coefficient (Wildman–Crippen LogP) is 3.60. The maximum atomic E-state index is 13.4. The molecule has 5 rings (SSSR count). The number of hydrogen-bond acceptors (Lipinski definition) is 3. The zero-order valence-corrected chi connectivity index (χ0v) is 15.9. The molecule has 3 heterocycles. The number of rotatable bonds is 2. The number of carbonyl (C=O) groups excluding carboxylic acids is 1. The van der Waals surface area contributed by atoms with Crippen molar-refractivity contribution in [2.24, 2.45) is 0 Å². The van der Waals surface area contributed by atoms with Gasteiger partial charge in [-0.2, -0.15) is 0 Å². The summed E-state index contributed by atoms with van der Waals surface area (Å²) < 4.78 is 13.9. The number of hydrogen-bond donors (Lipinski definition) is 0. The lowest BCUT2D eigenvalue weighted by Gasteiger charge is -2.47. The molecule has 3 fully saturated rings. The zero-order chi connectivity index (χ0) is 18.7. The monoisotopic (exact) mass is 364 g/mol. The highest BCUT2D eigenvalue weighted by Gasteiger charge is 2.66. The average molecular weight is 364 g/mol. The predicted molar refractivity (Wildman–Crippen MR) is 102 cm³/mol. The fourth-order valence-corrected chi connectivity index (χ4v) is 5.44. The second kappa shape index (κ2) is 5.66. The first-order valence-electron chi connectivity index (χ1n) is 9.84. The summed E-state index contributed by atoms with van der Waals surface area (Å²) in [6.07, 6.45) is 3.88. The molecule has 0 radical (unpaired) electrons. The number of fused-ring (bicyclic) bond motifs is 2. The molecule has 3 aliphatic rings. The van der Waals surface area contributed by atoms with Crippen molar-refractivity contribution in [2.75, 3.05) is 14.1 Å². The summed E-state index contributed by atoms with van der Waals surface area (Å²) in [5.74, 6) is -1.10. The Morgan fingerprint density at radius 3 is 1.81 bits per heavy atom. The highest BCUT2D eigenvalue weighted by atomic mass is 16.8. The second-order valence-corrected chi connectivity index (χ2v) is 8.74. The Morgan fingerprint density at radius 2 is 1.33 bits per heavy atom. The van der Waals surface area contributed by atoms with Crippen LogP contribution in [0.4, 0.5) is 0 Å². The second-order valence-electron chi connectivity index (χ2n) is 8.74. The minimum atomic E-state index is -1.18. The van der Waals surface area contributed by atoms with E-state index >= 15 is 0 Å². The highest BCUT2D eigenvalue weighted by Crippen LogP contribution is 2.54. The summed E-state index contributed by atoms with van der Waals surface area (Å²) in [6.45, 7) is 0. The van der Waals surface area contributed by atoms with Crippen LogP contribution in [-0.2, 0) is 19.9 Å². The highest BCUT2D eigenvalue weighted by molar-refractivity contribution is 5.87. The van der Waals surface area contributed by atoms with Crippen LogP contribution in [0.3, 0.4) is 0 Å². The van der Waals surface area contributed by atoms with Crippen LogP contribution >= 0.6 is 0 Å². The molecule has 3 saturated heterocycles. The van der Waals surface area contributed by atoms with E-state index in [0.29, 0.717) is 12.1 Å². The van der Waals surface area contributed by atoms with Crippen LogP contribution in [0.15, 0.2) is 60.7 Å². The Balaban J connectivity index is 1.61. The lowest BCUT2D eigenvalue weighted by atomic mass is 9.86. The van der Waals surface area contributed by atoms with Gasteiger partial charge in [0, 0.05) is 12.8 Å². The van der Waals surface area contributed by atoms with Crippen LogP contribution in [0, 0.1) is 0 Å². The Morgan fingerprint density at radius 1 is 0.852 bits per heavy atom. The van der Waals surface area contributed by atoms with Gasteiger partial charge in [0.1, 0.15) is 0 Å². The van der Waals surface area contributed by atoms with Crippen LogP contribution in [-0.4, -0.2) is 42.4 Å². The van der Waals surface area contributed by atoms with Crippen LogP contribution in [0.2, 0.25) is 0 Å². The van der Waals surface area contributed by atoms with Crippen LogP contribution in [0.1, 0.15) is 36.8 Å². The smallest absolute Gasteiger partial charge is 0.350 e. The van der Waals surface area contributed by atoms with E-state index in [1.54, 1.807) is 0 Å². The molecule has 0 aromatic heterocycles. The van der Waals surface area contributed by atoms with E-state index in [9.17, 15) is 4.79 Å².